The van der Waals surface area contributed by atoms with Gasteiger partial charge in [-0.15, -0.1) is 0 Å². The molecule has 1 aliphatic rings. The van der Waals surface area contributed by atoms with Gasteiger partial charge < -0.3 is 0 Å². The number of hydrogen-bond acceptors (Lipinski definition) is 2. The molecule has 0 spiro atoms. The highest BCUT2D eigenvalue weighted by Crippen LogP contribution is 2.28. The van der Waals surface area contributed by atoms with Crippen molar-refractivity contribution in [1.29, 1.82) is 0 Å². The van der Waals surface area contributed by atoms with Crippen molar-refractivity contribution in [2.45, 2.75) is 38.3 Å². The van der Waals surface area contributed by atoms with E-state index in [9.17, 15) is 18.0 Å². The maximum atomic E-state index is 12.5. The van der Waals surface area contributed by atoms with E-state index in [0.717, 1.165) is 49.2 Å². The molecule has 0 atom stereocenters. The van der Waals surface area contributed by atoms with Crippen LogP contribution in [-0.4, -0.2) is 14.8 Å². The number of nitrogens with zero attached hydrogens (tertiary/aromatic N) is 2. The van der Waals surface area contributed by atoms with Gasteiger partial charge in [0.2, 0.25) is 0 Å². The Labute approximate surface area is 118 Å². The molecule has 0 amide bonds. The molecule has 1 N–H and O–H groups in total. The van der Waals surface area contributed by atoms with Crippen molar-refractivity contribution >= 4 is 0 Å². The maximum Gasteiger partial charge on any atom is 0.417 e. The second kappa shape index (κ2) is 5.05. The molecular weight excluding hydrogens is 283 g/mol. The quantitative estimate of drug-likeness (QED) is 0.823. The Morgan fingerprint density at radius 2 is 1.90 bits per heavy atom. The zero-order valence-electron chi connectivity index (χ0n) is 11.2. The predicted octanol–water partition coefficient (Wildman–Crippen LogP) is 2.85. The topological polar surface area (TPSA) is 50.7 Å². The van der Waals surface area contributed by atoms with Crippen LogP contribution in [0.2, 0.25) is 0 Å². The average molecular weight is 297 g/mol. The number of halogens is 3. The summed E-state index contributed by atoms with van der Waals surface area (Å²) in [6.45, 7) is 0. The third kappa shape index (κ3) is 2.59. The zero-order chi connectivity index (χ0) is 15.0. The van der Waals surface area contributed by atoms with Crippen LogP contribution in [0, 0.1) is 0 Å². The number of pyridine rings is 1. The molecule has 4 nitrogen and oxygen atoms in total. The number of aromatic nitrogens is 3. The van der Waals surface area contributed by atoms with E-state index in [4.69, 9.17) is 0 Å². The van der Waals surface area contributed by atoms with Crippen LogP contribution in [0.25, 0.3) is 5.82 Å². The van der Waals surface area contributed by atoms with Crippen LogP contribution in [0.5, 0.6) is 0 Å². The van der Waals surface area contributed by atoms with E-state index in [1.165, 1.54) is 10.7 Å². The molecule has 0 fully saturated rings. The number of fused-ring (bicyclic) bond motifs is 1. The lowest BCUT2D eigenvalue weighted by Crippen LogP contribution is -2.18. The first-order chi connectivity index (χ1) is 9.97. The molecule has 7 heteroatoms. The van der Waals surface area contributed by atoms with Gasteiger partial charge in [-0.05, 0) is 37.8 Å². The van der Waals surface area contributed by atoms with Gasteiger partial charge in [0, 0.05) is 17.5 Å². The van der Waals surface area contributed by atoms with Gasteiger partial charge in [-0.1, -0.05) is 6.42 Å². The van der Waals surface area contributed by atoms with Gasteiger partial charge in [-0.2, -0.15) is 13.2 Å². The molecule has 0 saturated carbocycles. The lowest BCUT2D eigenvalue weighted by molar-refractivity contribution is -0.137. The summed E-state index contributed by atoms with van der Waals surface area (Å²) in [4.78, 5) is 16.1. The third-order valence-corrected chi connectivity index (χ3v) is 3.73. The number of alkyl halides is 3. The minimum Gasteiger partial charge on any atom is -0.293 e. The largest absolute Gasteiger partial charge is 0.417 e. The van der Waals surface area contributed by atoms with Gasteiger partial charge in [0.05, 0.1) is 5.56 Å². The van der Waals surface area contributed by atoms with Crippen molar-refractivity contribution in [1.82, 2.24) is 14.8 Å². The van der Waals surface area contributed by atoms with Gasteiger partial charge >= 0.3 is 6.18 Å². The van der Waals surface area contributed by atoms with Crippen molar-refractivity contribution in [2.24, 2.45) is 0 Å². The van der Waals surface area contributed by atoms with Gasteiger partial charge in [0.15, 0.2) is 5.82 Å². The minimum absolute atomic E-state index is 0.182. The molecule has 3 rings (SSSR count). The highest BCUT2D eigenvalue weighted by Gasteiger charge is 2.30. The molecule has 1 aliphatic carbocycles. The molecule has 0 aromatic carbocycles. The molecule has 0 saturated heterocycles. The Morgan fingerprint density at radius 3 is 2.57 bits per heavy atom. The van der Waals surface area contributed by atoms with Crippen molar-refractivity contribution in [3.63, 3.8) is 0 Å². The Balaban J connectivity index is 2.00. The number of hydrogen-bond donors (Lipinski definition) is 1. The lowest BCUT2D eigenvalue weighted by Gasteiger charge is -2.07. The number of nitrogens with one attached hydrogen (secondary N) is 1. The molecule has 2 heterocycles. The standard InChI is InChI=1S/C14H14F3N3O/c15-14(16,17)9-6-7-12(18-8-9)20-13(21)10-4-2-1-3-5-11(10)19-20/h6-8,19H,1-5H2. The molecule has 0 unspecified atom stereocenters. The summed E-state index contributed by atoms with van der Waals surface area (Å²) in [5.41, 5.74) is 0.569. The van der Waals surface area contributed by atoms with Crippen LogP contribution < -0.4 is 5.56 Å². The first-order valence-corrected chi connectivity index (χ1v) is 6.83. The maximum absolute atomic E-state index is 12.5. The van der Waals surface area contributed by atoms with E-state index in [1.807, 2.05) is 0 Å². The second-order valence-electron chi connectivity index (χ2n) is 5.17. The van der Waals surface area contributed by atoms with Crippen LogP contribution in [-0.2, 0) is 19.0 Å². The second-order valence-corrected chi connectivity index (χ2v) is 5.17. The number of H-pyrrole nitrogens is 1. The number of aromatic amines is 1. The smallest absolute Gasteiger partial charge is 0.293 e. The summed E-state index contributed by atoms with van der Waals surface area (Å²) in [5, 5.41) is 2.98. The van der Waals surface area contributed by atoms with E-state index >= 15 is 0 Å². The minimum atomic E-state index is -4.43. The van der Waals surface area contributed by atoms with Crippen LogP contribution in [0.3, 0.4) is 0 Å². The molecule has 0 aliphatic heterocycles. The Morgan fingerprint density at radius 1 is 1.14 bits per heavy atom. The molecule has 21 heavy (non-hydrogen) atoms. The summed E-state index contributed by atoms with van der Waals surface area (Å²) >= 11 is 0. The summed E-state index contributed by atoms with van der Waals surface area (Å²) in [6, 6.07) is 2.14. The van der Waals surface area contributed by atoms with E-state index in [1.54, 1.807) is 0 Å². The first kappa shape index (κ1) is 13.9. The van der Waals surface area contributed by atoms with Crippen LogP contribution in [0.4, 0.5) is 13.2 Å². The van der Waals surface area contributed by atoms with Gasteiger partial charge in [-0.25, -0.2) is 9.67 Å². The highest BCUT2D eigenvalue weighted by atomic mass is 19.4. The molecule has 2 aromatic rings. The van der Waals surface area contributed by atoms with E-state index in [-0.39, 0.29) is 11.4 Å². The Kier molecular flexibility index (Phi) is 3.35. The van der Waals surface area contributed by atoms with E-state index < -0.39 is 11.7 Å². The first-order valence-electron chi connectivity index (χ1n) is 6.83. The van der Waals surface area contributed by atoms with Crippen LogP contribution in [0.15, 0.2) is 23.1 Å². The third-order valence-electron chi connectivity index (χ3n) is 3.73. The summed E-state index contributed by atoms with van der Waals surface area (Å²) in [6.07, 6.45) is 0.863. The average Bonchev–Trinajstić information content (AvgIpc) is 2.63. The zero-order valence-corrected chi connectivity index (χ0v) is 11.2. The fourth-order valence-electron chi connectivity index (χ4n) is 2.61. The molecular formula is C14H14F3N3O. The van der Waals surface area contributed by atoms with Crippen LogP contribution in [0.1, 0.15) is 36.1 Å². The number of rotatable bonds is 1. The van der Waals surface area contributed by atoms with E-state index in [0.29, 0.717) is 6.42 Å². The lowest BCUT2D eigenvalue weighted by atomic mass is 10.1. The molecule has 0 bridgehead atoms. The van der Waals surface area contributed by atoms with Crippen molar-refractivity contribution in [3.05, 3.63) is 45.5 Å². The Hall–Kier alpha value is -2.05. The number of aryl methyl sites for hydroxylation is 1. The normalized spacial score (nSPS) is 15.6. The molecule has 0 radical (unpaired) electrons. The highest BCUT2D eigenvalue weighted by molar-refractivity contribution is 5.29. The fourth-order valence-corrected chi connectivity index (χ4v) is 2.61. The Bertz CT molecular complexity index is 698. The summed E-state index contributed by atoms with van der Waals surface area (Å²) in [5.74, 6) is 0.182. The van der Waals surface area contributed by atoms with Gasteiger partial charge in [-0.3, -0.25) is 9.89 Å². The van der Waals surface area contributed by atoms with Gasteiger partial charge in [0.1, 0.15) is 0 Å². The molecule has 2 aromatic heterocycles. The van der Waals surface area contributed by atoms with Crippen molar-refractivity contribution in [2.75, 3.05) is 0 Å². The summed E-state index contributed by atoms with van der Waals surface area (Å²) in [7, 11) is 0. The van der Waals surface area contributed by atoms with E-state index in [2.05, 4.69) is 10.1 Å². The van der Waals surface area contributed by atoms with Crippen molar-refractivity contribution in [3.8, 4) is 5.82 Å². The molecule has 112 valence electrons. The van der Waals surface area contributed by atoms with Gasteiger partial charge in [0.25, 0.3) is 5.56 Å². The summed E-state index contributed by atoms with van der Waals surface area (Å²) < 4.78 is 38.8. The monoisotopic (exact) mass is 297 g/mol. The SMILES string of the molecule is O=c1c2c([nH]n1-c1ccc(C(F)(F)F)cn1)CCCCC2. The van der Waals surface area contributed by atoms with Crippen molar-refractivity contribution < 1.29 is 13.2 Å². The predicted molar refractivity (Wildman–Crippen MR) is 70.4 cm³/mol. The van der Waals surface area contributed by atoms with Crippen LogP contribution >= 0.6 is 0 Å². The fraction of sp³-hybridized carbons (Fsp3) is 0.429.